The Morgan fingerprint density at radius 1 is 1.36 bits per heavy atom. The fourth-order valence-electron chi connectivity index (χ4n) is 1.28. The first-order valence-corrected chi connectivity index (χ1v) is 4.78. The molecule has 0 amide bonds. The fourth-order valence-corrected chi connectivity index (χ4v) is 1.28. The Morgan fingerprint density at radius 2 is 1.93 bits per heavy atom. The van der Waals surface area contributed by atoms with Crippen molar-refractivity contribution < 1.29 is 0 Å². The summed E-state index contributed by atoms with van der Waals surface area (Å²) in [4.78, 5) is 10.5. The Bertz CT molecular complexity index is 268. The van der Waals surface area contributed by atoms with Gasteiger partial charge in [0.05, 0.1) is 0 Å². The van der Waals surface area contributed by atoms with Gasteiger partial charge in [-0.3, -0.25) is 0 Å². The SMILES string of the molecule is Cc1cnc(NC(C)CN(C)C)nc1. The third-order valence-corrected chi connectivity index (χ3v) is 1.80. The van der Waals surface area contributed by atoms with E-state index >= 15 is 0 Å². The van der Waals surface area contributed by atoms with Gasteiger partial charge in [-0.05, 0) is 33.5 Å². The van der Waals surface area contributed by atoms with E-state index in [9.17, 15) is 0 Å². The average Bonchev–Trinajstić information content (AvgIpc) is 2.07. The lowest BCUT2D eigenvalue weighted by Gasteiger charge is -2.17. The molecule has 1 heterocycles. The molecule has 0 saturated carbocycles. The van der Waals surface area contributed by atoms with Crippen LogP contribution in [0.4, 0.5) is 5.95 Å². The number of aryl methyl sites for hydroxylation is 1. The second kappa shape index (κ2) is 4.91. The lowest BCUT2D eigenvalue weighted by atomic mass is 10.3. The molecule has 0 radical (unpaired) electrons. The van der Waals surface area contributed by atoms with E-state index in [1.54, 1.807) is 0 Å². The summed E-state index contributed by atoms with van der Waals surface area (Å²) in [6.45, 7) is 5.06. The Balaban J connectivity index is 2.47. The van der Waals surface area contributed by atoms with Gasteiger partial charge < -0.3 is 10.2 Å². The molecular weight excluding hydrogens is 176 g/mol. The van der Waals surface area contributed by atoms with E-state index in [4.69, 9.17) is 0 Å². The molecule has 0 aliphatic carbocycles. The molecule has 1 N–H and O–H groups in total. The first-order valence-electron chi connectivity index (χ1n) is 4.78. The molecule has 78 valence electrons. The maximum Gasteiger partial charge on any atom is 0.222 e. The summed E-state index contributed by atoms with van der Waals surface area (Å²) in [5.74, 6) is 0.699. The third-order valence-electron chi connectivity index (χ3n) is 1.80. The van der Waals surface area contributed by atoms with Crippen LogP contribution in [0.25, 0.3) is 0 Å². The third kappa shape index (κ3) is 3.70. The van der Waals surface area contributed by atoms with Crippen LogP contribution in [0.1, 0.15) is 12.5 Å². The summed E-state index contributed by atoms with van der Waals surface area (Å²) in [6, 6.07) is 0.354. The Hall–Kier alpha value is -1.16. The van der Waals surface area contributed by atoms with Crippen molar-refractivity contribution in [1.29, 1.82) is 0 Å². The molecule has 0 aromatic carbocycles. The highest BCUT2D eigenvalue weighted by Gasteiger charge is 2.04. The monoisotopic (exact) mass is 194 g/mol. The van der Waals surface area contributed by atoms with E-state index in [1.807, 2.05) is 33.4 Å². The molecule has 0 saturated heterocycles. The summed E-state index contributed by atoms with van der Waals surface area (Å²) in [6.07, 6.45) is 3.63. The molecule has 1 unspecified atom stereocenters. The van der Waals surface area contributed by atoms with Crippen molar-refractivity contribution in [3.63, 3.8) is 0 Å². The average molecular weight is 194 g/mol. The van der Waals surface area contributed by atoms with Crippen LogP contribution in [0.5, 0.6) is 0 Å². The van der Waals surface area contributed by atoms with Crippen LogP contribution < -0.4 is 5.32 Å². The molecule has 4 nitrogen and oxygen atoms in total. The van der Waals surface area contributed by atoms with Crippen molar-refractivity contribution >= 4 is 5.95 Å². The minimum absolute atomic E-state index is 0.354. The number of nitrogens with one attached hydrogen (secondary N) is 1. The molecule has 1 aromatic heterocycles. The Kier molecular flexibility index (Phi) is 3.83. The standard InChI is InChI=1S/C10H18N4/c1-8-5-11-10(12-6-8)13-9(2)7-14(3)4/h5-6,9H,7H2,1-4H3,(H,11,12,13). The predicted octanol–water partition coefficient (Wildman–Crippen LogP) is 1.15. The van der Waals surface area contributed by atoms with E-state index < -0.39 is 0 Å². The second-order valence-corrected chi connectivity index (χ2v) is 3.89. The Morgan fingerprint density at radius 3 is 2.43 bits per heavy atom. The molecule has 14 heavy (non-hydrogen) atoms. The van der Waals surface area contributed by atoms with Crippen molar-refractivity contribution in [2.24, 2.45) is 0 Å². The largest absolute Gasteiger partial charge is 0.350 e. The minimum Gasteiger partial charge on any atom is -0.350 e. The van der Waals surface area contributed by atoms with Crippen LogP contribution in [0.15, 0.2) is 12.4 Å². The van der Waals surface area contributed by atoms with Gasteiger partial charge in [0.25, 0.3) is 0 Å². The van der Waals surface area contributed by atoms with Crippen molar-refractivity contribution in [2.75, 3.05) is 26.0 Å². The topological polar surface area (TPSA) is 41.1 Å². The molecule has 0 aliphatic rings. The van der Waals surface area contributed by atoms with Gasteiger partial charge in [-0.1, -0.05) is 0 Å². The molecule has 0 bridgehead atoms. The van der Waals surface area contributed by atoms with E-state index in [0.717, 1.165) is 12.1 Å². The highest BCUT2D eigenvalue weighted by molar-refractivity contribution is 5.25. The van der Waals surface area contributed by atoms with E-state index in [1.165, 1.54) is 0 Å². The van der Waals surface area contributed by atoms with Crippen LogP contribution in [0.3, 0.4) is 0 Å². The molecule has 4 heteroatoms. The lowest BCUT2D eigenvalue weighted by molar-refractivity contribution is 0.391. The minimum atomic E-state index is 0.354. The van der Waals surface area contributed by atoms with Gasteiger partial charge in [0.15, 0.2) is 0 Å². The van der Waals surface area contributed by atoms with Gasteiger partial charge in [0.1, 0.15) is 0 Å². The molecular formula is C10H18N4. The van der Waals surface area contributed by atoms with Crippen LogP contribution in [0, 0.1) is 6.92 Å². The van der Waals surface area contributed by atoms with Crippen LogP contribution in [-0.4, -0.2) is 41.5 Å². The fraction of sp³-hybridized carbons (Fsp3) is 0.600. The van der Waals surface area contributed by atoms with Crippen molar-refractivity contribution in [1.82, 2.24) is 14.9 Å². The number of hydrogen-bond acceptors (Lipinski definition) is 4. The zero-order valence-electron chi connectivity index (χ0n) is 9.28. The molecule has 1 rings (SSSR count). The summed E-state index contributed by atoms with van der Waals surface area (Å²) < 4.78 is 0. The number of aromatic nitrogens is 2. The second-order valence-electron chi connectivity index (χ2n) is 3.89. The molecule has 1 aromatic rings. The van der Waals surface area contributed by atoms with Gasteiger partial charge in [-0.2, -0.15) is 0 Å². The normalized spacial score (nSPS) is 12.9. The van der Waals surface area contributed by atoms with Crippen molar-refractivity contribution in [3.8, 4) is 0 Å². The Labute approximate surface area is 85.4 Å². The number of nitrogens with zero attached hydrogens (tertiary/aromatic N) is 3. The molecule has 0 aliphatic heterocycles. The van der Waals surface area contributed by atoms with Gasteiger partial charge in [-0.15, -0.1) is 0 Å². The molecule has 0 fully saturated rings. The first-order chi connectivity index (χ1) is 6.58. The van der Waals surface area contributed by atoms with Gasteiger partial charge in [-0.25, -0.2) is 9.97 Å². The summed E-state index contributed by atoms with van der Waals surface area (Å²) in [5.41, 5.74) is 1.08. The van der Waals surface area contributed by atoms with Crippen LogP contribution >= 0.6 is 0 Å². The summed E-state index contributed by atoms with van der Waals surface area (Å²) >= 11 is 0. The molecule has 1 atom stereocenters. The zero-order valence-corrected chi connectivity index (χ0v) is 9.28. The predicted molar refractivity (Wildman–Crippen MR) is 58.4 cm³/mol. The number of likely N-dealkylation sites (N-methyl/N-ethyl adjacent to an activating group) is 1. The molecule has 0 spiro atoms. The maximum absolute atomic E-state index is 4.18. The smallest absolute Gasteiger partial charge is 0.222 e. The van der Waals surface area contributed by atoms with E-state index in [0.29, 0.717) is 12.0 Å². The quantitative estimate of drug-likeness (QED) is 0.780. The van der Waals surface area contributed by atoms with Crippen molar-refractivity contribution in [3.05, 3.63) is 18.0 Å². The van der Waals surface area contributed by atoms with E-state index in [-0.39, 0.29) is 0 Å². The van der Waals surface area contributed by atoms with E-state index in [2.05, 4.69) is 27.1 Å². The van der Waals surface area contributed by atoms with Gasteiger partial charge >= 0.3 is 0 Å². The van der Waals surface area contributed by atoms with Crippen LogP contribution in [0.2, 0.25) is 0 Å². The highest BCUT2D eigenvalue weighted by atomic mass is 15.1. The summed E-state index contributed by atoms with van der Waals surface area (Å²) in [5, 5.41) is 3.24. The highest BCUT2D eigenvalue weighted by Crippen LogP contribution is 2.01. The van der Waals surface area contributed by atoms with Gasteiger partial charge in [0.2, 0.25) is 5.95 Å². The first kappa shape index (κ1) is 10.9. The maximum atomic E-state index is 4.18. The zero-order chi connectivity index (χ0) is 10.6. The van der Waals surface area contributed by atoms with Crippen molar-refractivity contribution in [2.45, 2.75) is 19.9 Å². The summed E-state index contributed by atoms with van der Waals surface area (Å²) in [7, 11) is 4.10. The lowest BCUT2D eigenvalue weighted by Crippen LogP contribution is -2.30. The van der Waals surface area contributed by atoms with Gasteiger partial charge in [0, 0.05) is 25.0 Å². The number of rotatable bonds is 4. The number of hydrogen-bond donors (Lipinski definition) is 1. The number of anilines is 1. The van der Waals surface area contributed by atoms with Crippen LogP contribution in [-0.2, 0) is 0 Å².